The Morgan fingerprint density at radius 3 is 3.12 bits per heavy atom. The Balaban J connectivity index is 2.18. The first kappa shape index (κ1) is 12.0. The minimum absolute atomic E-state index is 0.0270. The van der Waals surface area contributed by atoms with Crippen LogP contribution in [0.2, 0.25) is 0 Å². The number of para-hydroxylation sites is 1. The van der Waals surface area contributed by atoms with Crippen LogP contribution in [-0.4, -0.2) is 21.2 Å². The zero-order valence-corrected chi connectivity index (χ0v) is 10.6. The van der Waals surface area contributed by atoms with Crippen molar-refractivity contribution in [2.75, 3.05) is 5.75 Å². The molecule has 1 heterocycles. The van der Waals surface area contributed by atoms with Crippen LogP contribution in [0.25, 0.3) is 11.0 Å². The number of carbonyl (C=O) groups is 1. The van der Waals surface area contributed by atoms with E-state index in [1.165, 1.54) is 0 Å². The maximum Gasteiger partial charge on any atom is 0.221 e. The van der Waals surface area contributed by atoms with Crippen LogP contribution in [0.5, 0.6) is 0 Å². The van der Waals surface area contributed by atoms with Crippen molar-refractivity contribution in [3.05, 3.63) is 30.1 Å². The predicted molar refractivity (Wildman–Crippen MR) is 71.0 cm³/mol. The van der Waals surface area contributed by atoms with Gasteiger partial charge in [-0.2, -0.15) is 12.6 Å². The van der Waals surface area contributed by atoms with Crippen molar-refractivity contribution in [3.8, 4) is 0 Å². The minimum atomic E-state index is 0.0270. The minimum Gasteiger partial charge on any atom is -0.352 e. The molecule has 0 aliphatic carbocycles. The van der Waals surface area contributed by atoms with Gasteiger partial charge < -0.3 is 9.88 Å². The lowest BCUT2D eigenvalue weighted by atomic mass is 10.2. The standard InChI is InChI=1S/C12H15N3OS/c1-15-8-14-10-4-2-3-9(12(10)15)7-13-11(16)5-6-17/h2-4,8,17H,5-7H2,1H3,(H,13,16). The summed E-state index contributed by atoms with van der Waals surface area (Å²) in [5, 5.41) is 2.88. The highest BCUT2D eigenvalue weighted by molar-refractivity contribution is 7.80. The SMILES string of the molecule is Cn1cnc2cccc(CNC(=O)CCS)c21. The fourth-order valence-corrected chi connectivity index (χ4v) is 2.03. The molecule has 0 bridgehead atoms. The van der Waals surface area contributed by atoms with Crippen LogP contribution < -0.4 is 5.32 Å². The quantitative estimate of drug-likeness (QED) is 0.807. The van der Waals surface area contributed by atoms with Gasteiger partial charge in [0.1, 0.15) is 0 Å². The molecule has 0 saturated carbocycles. The van der Waals surface area contributed by atoms with Gasteiger partial charge in [0.25, 0.3) is 0 Å². The van der Waals surface area contributed by atoms with Crippen LogP contribution in [0.15, 0.2) is 24.5 Å². The fraction of sp³-hybridized carbons (Fsp3) is 0.333. The van der Waals surface area contributed by atoms with Gasteiger partial charge in [-0.15, -0.1) is 0 Å². The molecule has 0 aliphatic rings. The van der Waals surface area contributed by atoms with Gasteiger partial charge in [-0.1, -0.05) is 12.1 Å². The van der Waals surface area contributed by atoms with Crippen LogP contribution in [-0.2, 0) is 18.4 Å². The highest BCUT2D eigenvalue weighted by atomic mass is 32.1. The highest BCUT2D eigenvalue weighted by Crippen LogP contribution is 2.16. The molecule has 0 radical (unpaired) electrons. The summed E-state index contributed by atoms with van der Waals surface area (Å²) >= 11 is 4.03. The molecule has 0 unspecified atom stereocenters. The second kappa shape index (κ2) is 5.23. The molecule has 17 heavy (non-hydrogen) atoms. The van der Waals surface area contributed by atoms with E-state index in [2.05, 4.69) is 22.9 Å². The number of hydrogen-bond acceptors (Lipinski definition) is 3. The molecule has 2 rings (SSSR count). The first-order valence-electron chi connectivity index (χ1n) is 5.49. The number of fused-ring (bicyclic) bond motifs is 1. The normalized spacial score (nSPS) is 10.7. The van der Waals surface area contributed by atoms with Crippen molar-refractivity contribution in [2.24, 2.45) is 7.05 Å². The number of aryl methyl sites for hydroxylation is 1. The molecule has 0 aliphatic heterocycles. The monoisotopic (exact) mass is 249 g/mol. The topological polar surface area (TPSA) is 46.9 Å². The van der Waals surface area contributed by atoms with Crippen LogP contribution in [0.3, 0.4) is 0 Å². The predicted octanol–water partition coefficient (Wildman–Crippen LogP) is 1.51. The molecule has 4 nitrogen and oxygen atoms in total. The Labute approximate surface area is 105 Å². The number of thiol groups is 1. The molecule has 0 atom stereocenters. The van der Waals surface area contributed by atoms with E-state index in [1.54, 1.807) is 6.33 Å². The number of carbonyl (C=O) groups excluding carboxylic acids is 1. The lowest BCUT2D eigenvalue weighted by Gasteiger charge is -2.07. The van der Waals surface area contributed by atoms with E-state index in [1.807, 2.05) is 29.8 Å². The first-order valence-corrected chi connectivity index (χ1v) is 6.12. The van der Waals surface area contributed by atoms with Crippen molar-refractivity contribution < 1.29 is 4.79 Å². The van der Waals surface area contributed by atoms with Crippen LogP contribution >= 0.6 is 12.6 Å². The van der Waals surface area contributed by atoms with Gasteiger partial charge >= 0.3 is 0 Å². The van der Waals surface area contributed by atoms with Crippen molar-refractivity contribution in [1.29, 1.82) is 0 Å². The molecule has 0 fully saturated rings. The zero-order chi connectivity index (χ0) is 12.3. The molecule has 1 aromatic carbocycles. The van der Waals surface area contributed by atoms with E-state index in [9.17, 15) is 4.79 Å². The Morgan fingerprint density at radius 2 is 2.35 bits per heavy atom. The number of nitrogens with one attached hydrogen (secondary N) is 1. The maximum atomic E-state index is 11.4. The van der Waals surface area contributed by atoms with E-state index in [4.69, 9.17) is 0 Å². The number of amides is 1. The van der Waals surface area contributed by atoms with Crippen molar-refractivity contribution in [1.82, 2.24) is 14.9 Å². The van der Waals surface area contributed by atoms with Crippen molar-refractivity contribution >= 4 is 29.6 Å². The molecule has 1 aromatic heterocycles. The summed E-state index contributed by atoms with van der Waals surface area (Å²) in [5.41, 5.74) is 3.10. The smallest absolute Gasteiger partial charge is 0.221 e. The summed E-state index contributed by atoms with van der Waals surface area (Å²) < 4.78 is 1.97. The van der Waals surface area contributed by atoms with Gasteiger partial charge in [-0.3, -0.25) is 4.79 Å². The number of nitrogens with zero attached hydrogens (tertiary/aromatic N) is 2. The number of hydrogen-bond donors (Lipinski definition) is 2. The average molecular weight is 249 g/mol. The molecule has 0 saturated heterocycles. The molecule has 0 spiro atoms. The third-order valence-electron chi connectivity index (χ3n) is 2.64. The largest absolute Gasteiger partial charge is 0.352 e. The van der Waals surface area contributed by atoms with E-state index in [-0.39, 0.29) is 5.91 Å². The Hall–Kier alpha value is -1.49. The lowest BCUT2D eigenvalue weighted by molar-refractivity contribution is -0.120. The van der Waals surface area contributed by atoms with E-state index in [0.717, 1.165) is 16.6 Å². The summed E-state index contributed by atoms with van der Waals surface area (Å²) in [5.74, 6) is 0.598. The molecule has 2 aromatic rings. The molecule has 5 heteroatoms. The van der Waals surface area contributed by atoms with Gasteiger partial charge in [-0.05, 0) is 17.4 Å². The van der Waals surface area contributed by atoms with Gasteiger partial charge in [0.2, 0.25) is 5.91 Å². The first-order chi connectivity index (χ1) is 8.22. The van der Waals surface area contributed by atoms with Crippen LogP contribution in [0.4, 0.5) is 0 Å². The van der Waals surface area contributed by atoms with Crippen molar-refractivity contribution in [2.45, 2.75) is 13.0 Å². The van der Waals surface area contributed by atoms with Crippen molar-refractivity contribution in [3.63, 3.8) is 0 Å². The Kier molecular flexibility index (Phi) is 3.68. The maximum absolute atomic E-state index is 11.4. The summed E-state index contributed by atoms with van der Waals surface area (Å²) in [6, 6.07) is 5.93. The summed E-state index contributed by atoms with van der Waals surface area (Å²) in [6.45, 7) is 0.531. The molecular weight excluding hydrogens is 234 g/mol. The van der Waals surface area contributed by atoms with E-state index >= 15 is 0 Å². The van der Waals surface area contributed by atoms with Gasteiger partial charge in [0, 0.05) is 20.0 Å². The second-order valence-electron chi connectivity index (χ2n) is 3.89. The summed E-state index contributed by atoms with van der Waals surface area (Å²) in [7, 11) is 1.95. The fourth-order valence-electron chi connectivity index (χ4n) is 1.82. The highest BCUT2D eigenvalue weighted by Gasteiger charge is 2.06. The second-order valence-corrected chi connectivity index (χ2v) is 4.34. The average Bonchev–Trinajstić information content (AvgIpc) is 2.70. The van der Waals surface area contributed by atoms with E-state index < -0.39 is 0 Å². The number of aromatic nitrogens is 2. The molecule has 1 N–H and O–H groups in total. The van der Waals surface area contributed by atoms with Crippen LogP contribution in [0, 0.1) is 0 Å². The number of imidazole rings is 1. The third-order valence-corrected chi connectivity index (χ3v) is 2.86. The number of benzene rings is 1. The summed E-state index contributed by atoms with van der Waals surface area (Å²) in [4.78, 5) is 15.7. The van der Waals surface area contributed by atoms with Gasteiger partial charge in [-0.25, -0.2) is 4.98 Å². The lowest BCUT2D eigenvalue weighted by Crippen LogP contribution is -2.23. The number of rotatable bonds is 4. The third kappa shape index (κ3) is 2.61. The molecule has 90 valence electrons. The zero-order valence-electron chi connectivity index (χ0n) is 9.68. The van der Waals surface area contributed by atoms with Gasteiger partial charge in [0.15, 0.2) is 0 Å². The van der Waals surface area contributed by atoms with Gasteiger partial charge in [0.05, 0.1) is 17.4 Å². The molecular formula is C12H15N3OS. The Morgan fingerprint density at radius 1 is 1.53 bits per heavy atom. The molecule has 1 amide bonds. The summed E-state index contributed by atoms with van der Waals surface area (Å²) in [6.07, 6.45) is 2.23. The Bertz CT molecular complexity index is 536. The van der Waals surface area contributed by atoms with E-state index in [0.29, 0.717) is 18.7 Å². The van der Waals surface area contributed by atoms with Crippen LogP contribution in [0.1, 0.15) is 12.0 Å².